The Hall–Kier alpha value is -2.12. The maximum Gasteiger partial charge on any atom is 0.320 e. The van der Waals surface area contributed by atoms with Gasteiger partial charge < -0.3 is 15.3 Å². The van der Waals surface area contributed by atoms with Crippen LogP contribution in [0, 0.1) is 0 Å². The monoisotopic (exact) mass is 395 g/mol. The molecule has 1 aromatic rings. The minimum Gasteiger partial charge on any atom is -0.480 e. The summed E-state index contributed by atoms with van der Waals surface area (Å²) in [4.78, 5) is 39.1. The van der Waals surface area contributed by atoms with Gasteiger partial charge in [-0.2, -0.15) is 0 Å². The third-order valence-corrected chi connectivity index (χ3v) is 5.08. The number of likely N-dealkylation sites (tertiary alicyclic amines) is 2. The maximum absolute atomic E-state index is 12.3. The van der Waals surface area contributed by atoms with Gasteiger partial charge in [0.1, 0.15) is 6.04 Å². The zero-order chi connectivity index (χ0) is 18.5. The lowest BCUT2D eigenvalue weighted by Gasteiger charge is -2.20. The zero-order valence-electron chi connectivity index (χ0n) is 15.2. The molecule has 1 atom stereocenters. The Morgan fingerprint density at radius 3 is 2.33 bits per heavy atom. The molecule has 1 aromatic carbocycles. The highest BCUT2D eigenvalue weighted by Gasteiger charge is 2.31. The number of benzene rings is 1. The highest BCUT2D eigenvalue weighted by atomic mass is 35.5. The molecule has 0 bridgehead atoms. The van der Waals surface area contributed by atoms with Crippen molar-refractivity contribution in [2.45, 2.75) is 38.3 Å². The Morgan fingerprint density at radius 2 is 1.70 bits per heavy atom. The first-order valence-corrected chi connectivity index (χ1v) is 9.16. The average Bonchev–Trinajstić information content (AvgIpc) is 3.31. The molecule has 148 valence electrons. The number of nitrogens with zero attached hydrogens (tertiary/aromatic N) is 2. The third-order valence-electron chi connectivity index (χ3n) is 5.08. The predicted octanol–water partition coefficient (Wildman–Crippen LogP) is 1.51. The Balaban J connectivity index is 0.00000261. The molecule has 7 nitrogen and oxygen atoms in total. The summed E-state index contributed by atoms with van der Waals surface area (Å²) in [7, 11) is 0. The van der Waals surface area contributed by atoms with Gasteiger partial charge in [0.25, 0.3) is 5.91 Å². The second-order valence-corrected chi connectivity index (χ2v) is 6.94. The van der Waals surface area contributed by atoms with Crippen molar-refractivity contribution in [3.63, 3.8) is 0 Å². The lowest BCUT2D eigenvalue weighted by Crippen LogP contribution is -2.42. The SMILES string of the molecule is Cl.O=C(CN1CCCC1C(=O)O)NCc1ccc(C(=O)N2CCCC2)cc1. The molecule has 2 heterocycles. The first kappa shape index (κ1) is 21.2. The smallest absolute Gasteiger partial charge is 0.320 e. The number of carbonyl (C=O) groups excluding carboxylic acids is 2. The van der Waals surface area contributed by atoms with Crippen LogP contribution in [-0.4, -0.2) is 64.9 Å². The predicted molar refractivity (Wildman–Crippen MR) is 103 cm³/mol. The van der Waals surface area contributed by atoms with Crippen molar-refractivity contribution in [1.29, 1.82) is 0 Å². The summed E-state index contributed by atoms with van der Waals surface area (Å²) in [5.74, 6) is -0.990. The van der Waals surface area contributed by atoms with Crippen LogP contribution in [0.25, 0.3) is 0 Å². The van der Waals surface area contributed by atoms with Crippen molar-refractivity contribution in [2.24, 2.45) is 0 Å². The van der Waals surface area contributed by atoms with E-state index in [0.29, 0.717) is 25.1 Å². The van der Waals surface area contributed by atoms with Crippen molar-refractivity contribution >= 4 is 30.2 Å². The van der Waals surface area contributed by atoms with Gasteiger partial charge in [-0.25, -0.2) is 0 Å². The molecule has 2 fully saturated rings. The molecule has 2 aliphatic rings. The van der Waals surface area contributed by atoms with Crippen molar-refractivity contribution in [1.82, 2.24) is 15.1 Å². The summed E-state index contributed by atoms with van der Waals surface area (Å²) in [6.45, 7) is 2.75. The normalized spacial score (nSPS) is 19.6. The van der Waals surface area contributed by atoms with Gasteiger partial charge in [-0.3, -0.25) is 19.3 Å². The van der Waals surface area contributed by atoms with Gasteiger partial charge in [0.05, 0.1) is 6.54 Å². The molecule has 27 heavy (non-hydrogen) atoms. The molecular formula is C19H26ClN3O4. The minimum atomic E-state index is -0.867. The summed E-state index contributed by atoms with van der Waals surface area (Å²) in [6, 6.07) is 6.72. The summed E-state index contributed by atoms with van der Waals surface area (Å²) >= 11 is 0. The van der Waals surface area contributed by atoms with Gasteiger partial charge in [-0.05, 0) is 49.9 Å². The first-order valence-electron chi connectivity index (χ1n) is 9.16. The number of carboxylic acids is 1. The van der Waals surface area contributed by atoms with Crippen molar-refractivity contribution < 1.29 is 19.5 Å². The van der Waals surface area contributed by atoms with Crippen molar-refractivity contribution in [2.75, 3.05) is 26.2 Å². The Kier molecular flexibility index (Phi) is 7.62. The van der Waals surface area contributed by atoms with Crippen LogP contribution >= 0.6 is 12.4 Å². The number of nitrogens with one attached hydrogen (secondary N) is 1. The van der Waals surface area contributed by atoms with Crippen LogP contribution in [0.15, 0.2) is 24.3 Å². The second kappa shape index (κ2) is 9.71. The van der Waals surface area contributed by atoms with Crippen LogP contribution in [0.3, 0.4) is 0 Å². The number of carbonyl (C=O) groups is 3. The van der Waals surface area contributed by atoms with E-state index in [1.54, 1.807) is 17.0 Å². The van der Waals surface area contributed by atoms with Crippen LogP contribution in [0.5, 0.6) is 0 Å². The van der Waals surface area contributed by atoms with E-state index in [-0.39, 0.29) is 30.8 Å². The molecule has 1 unspecified atom stereocenters. The summed E-state index contributed by atoms with van der Waals surface area (Å²) < 4.78 is 0. The molecule has 0 spiro atoms. The summed E-state index contributed by atoms with van der Waals surface area (Å²) in [5.41, 5.74) is 1.58. The van der Waals surface area contributed by atoms with Gasteiger partial charge in [0.2, 0.25) is 5.91 Å². The highest BCUT2D eigenvalue weighted by molar-refractivity contribution is 5.94. The van der Waals surface area contributed by atoms with E-state index >= 15 is 0 Å². The molecule has 0 aliphatic carbocycles. The van der Waals surface area contributed by atoms with Crippen LogP contribution in [0.2, 0.25) is 0 Å². The van der Waals surface area contributed by atoms with Gasteiger partial charge in [0.15, 0.2) is 0 Å². The number of hydrogen-bond acceptors (Lipinski definition) is 4. The molecular weight excluding hydrogens is 370 g/mol. The van der Waals surface area contributed by atoms with Crippen LogP contribution in [0.1, 0.15) is 41.6 Å². The van der Waals surface area contributed by atoms with Crippen LogP contribution < -0.4 is 5.32 Å². The largest absolute Gasteiger partial charge is 0.480 e. The highest BCUT2D eigenvalue weighted by Crippen LogP contribution is 2.17. The molecule has 8 heteroatoms. The van der Waals surface area contributed by atoms with E-state index < -0.39 is 12.0 Å². The fraction of sp³-hybridized carbons (Fsp3) is 0.526. The molecule has 0 radical (unpaired) electrons. The second-order valence-electron chi connectivity index (χ2n) is 6.94. The van der Waals surface area contributed by atoms with E-state index in [0.717, 1.165) is 37.9 Å². The number of amides is 2. The fourth-order valence-corrected chi connectivity index (χ4v) is 3.60. The van der Waals surface area contributed by atoms with Gasteiger partial charge >= 0.3 is 5.97 Å². The first-order chi connectivity index (χ1) is 12.5. The molecule has 2 amide bonds. The lowest BCUT2D eigenvalue weighted by molar-refractivity contribution is -0.142. The molecule has 2 saturated heterocycles. The quantitative estimate of drug-likeness (QED) is 0.762. The average molecular weight is 396 g/mol. The standard InChI is InChI=1S/C19H25N3O4.ClH/c23-17(13-22-11-3-4-16(22)19(25)26)20-12-14-5-7-15(8-6-14)18(24)21-9-1-2-10-21;/h5-8,16H,1-4,9-13H2,(H,20,23)(H,25,26);1H. The topological polar surface area (TPSA) is 90.0 Å². The number of carboxylic acid groups (broad SMARTS) is 1. The van der Waals surface area contributed by atoms with Crippen LogP contribution in [-0.2, 0) is 16.1 Å². The maximum atomic E-state index is 12.3. The molecule has 3 rings (SSSR count). The van der Waals surface area contributed by atoms with Gasteiger partial charge in [0, 0.05) is 25.2 Å². The Bertz CT molecular complexity index is 674. The number of aliphatic carboxylic acids is 1. The van der Waals surface area contributed by atoms with Gasteiger partial charge in [-0.1, -0.05) is 12.1 Å². The van der Waals surface area contributed by atoms with E-state index in [1.165, 1.54) is 0 Å². The summed E-state index contributed by atoms with van der Waals surface area (Å²) in [5, 5.41) is 12.0. The minimum absolute atomic E-state index is 0. The zero-order valence-corrected chi connectivity index (χ0v) is 16.0. The number of halogens is 1. The lowest BCUT2D eigenvalue weighted by atomic mass is 10.1. The number of rotatable bonds is 6. The molecule has 0 aromatic heterocycles. The van der Waals surface area contributed by atoms with Crippen molar-refractivity contribution in [3.05, 3.63) is 35.4 Å². The number of hydrogen-bond donors (Lipinski definition) is 2. The Labute approximate surface area is 165 Å². The van der Waals surface area contributed by atoms with Crippen LogP contribution in [0.4, 0.5) is 0 Å². The van der Waals surface area contributed by atoms with Gasteiger partial charge in [-0.15, -0.1) is 12.4 Å². The molecule has 2 N–H and O–H groups in total. The van der Waals surface area contributed by atoms with Crippen molar-refractivity contribution in [3.8, 4) is 0 Å². The van der Waals surface area contributed by atoms with E-state index in [1.807, 2.05) is 17.0 Å². The molecule has 2 aliphatic heterocycles. The molecule has 0 saturated carbocycles. The van der Waals surface area contributed by atoms with E-state index in [9.17, 15) is 14.4 Å². The van der Waals surface area contributed by atoms with E-state index in [4.69, 9.17) is 5.11 Å². The Morgan fingerprint density at radius 1 is 1.04 bits per heavy atom. The van der Waals surface area contributed by atoms with E-state index in [2.05, 4.69) is 5.32 Å². The summed E-state index contributed by atoms with van der Waals surface area (Å²) in [6.07, 6.45) is 3.52. The fourth-order valence-electron chi connectivity index (χ4n) is 3.60. The third kappa shape index (κ3) is 5.43.